The number of rotatable bonds is 6. The van der Waals surface area contributed by atoms with E-state index in [1.165, 1.54) is 12.8 Å². The van der Waals surface area contributed by atoms with E-state index in [0.29, 0.717) is 18.5 Å². The Hall–Kier alpha value is -0.770. The molecule has 1 amide bonds. The van der Waals surface area contributed by atoms with Crippen LogP contribution >= 0.6 is 11.8 Å². The maximum Gasteiger partial charge on any atom is 0.236 e. The van der Waals surface area contributed by atoms with Gasteiger partial charge in [0.05, 0.1) is 12.6 Å². The number of nitrogens with zero attached hydrogens (tertiary/aromatic N) is 4. The number of hydrogen-bond donors (Lipinski definition) is 0. The Morgan fingerprint density at radius 2 is 1.96 bits per heavy atom. The van der Waals surface area contributed by atoms with Crippen molar-refractivity contribution in [3.63, 3.8) is 0 Å². The molecule has 2 fully saturated rings. The van der Waals surface area contributed by atoms with Crippen LogP contribution < -0.4 is 0 Å². The first-order valence-corrected chi connectivity index (χ1v) is 10.1. The number of amides is 1. The standard InChI is InChI=1S/C17H30N4OS/c1-14(2)16(11-18)19-7-9-20(10-8-19)17(22)12-21-6-4-5-15(21)13-23-3/h14-16H,4-10,12-13H2,1-3H3/t15-,16+/m1/s1. The average molecular weight is 339 g/mol. The van der Waals surface area contributed by atoms with E-state index in [2.05, 4.69) is 36.0 Å². The highest BCUT2D eigenvalue weighted by Gasteiger charge is 2.30. The van der Waals surface area contributed by atoms with E-state index in [0.717, 1.165) is 38.5 Å². The second-order valence-corrected chi connectivity index (χ2v) is 7.87. The third kappa shape index (κ3) is 4.85. The third-order valence-corrected chi connectivity index (χ3v) is 5.74. The molecule has 5 nitrogen and oxygen atoms in total. The Morgan fingerprint density at radius 3 is 2.52 bits per heavy atom. The summed E-state index contributed by atoms with van der Waals surface area (Å²) in [5.74, 6) is 1.72. The molecule has 2 saturated heterocycles. The molecule has 2 aliphatic heterocycles. The maximum absolute atomic E-state index is 12.6. The lowest BCUT2D eigenvalue weighted by Crippen LogP contribution is -2.54. The zero-order chi connectivity index (χ0) is 16.8. The van der Waals surface area contributed by atoms with Crippen LogP contribution in [0.3, 0.4) is 0 Å². The minimum absolute atomic E-state index is 0.0307. The molecule has 130 valence electrons. The highest BCUT2D eigenvalue weighted by molar-refractivity contribution is 7.98. The summed E-state index contributed by atoms with van der Waals surface area (Å²) in [7, 11) is 0. The van der Waals surface area contributed by atoms with Gasteiger partial charge in [-0.1, -0.05) is 13.8 Å². The molecule has 2 rings (SSSR count). The van der Waals surface area contributed by atoms with Gasteiger partial charge in [-0.15, -0.1) is 0 Å². The maximum atomic E-state index is 12.6. The van der Waals surface area contributed by atoms with Crippen molar-refractivity contribution in [3.8, 4) is 6.07 Å². The molecule has 0 saturated carbocycles. The molecule has 23 heavy (non-hydrogen) atoms. The molecule has 0 spiro atoms. The van der Waals surface area contributed by atoms with Crippen LogP contribution in [-0.2, 0) is 4.79 Å². The fourth-order valence-corrected chi connectivity index (χ4v) is 4.42. The van der Waals surface area contributed by atoms with Crippen LogP contribution in [0.2, 0.25) is 0 Å². The number of piperazine rings is 1. The Bertz CT molecular complexity index is 429. The highest BCUT2D eigenvalue weighted by Crippen LogP contribution is 2.20. The quantitative estimate of drug-likeness (QED) is 0.735. The van der Waals surface area contributed by atoms with Gasteiger partial charge in [0.25, 0.3) is 0 Å². The minimum Gasteiger partial charge on any atom is -0.339 e. The van der Waals surface area contributed by atoms with Crippen molar-refractivity contribution in [1.82, 2.24) is 14.7 Å². The van der Waals surface area contributed by atoms with Gasteiger partial charge in [-0.25, -0.2) is 0 Å². The average Bonchev–Trinajstić information content (AvgIpc) is 2.96. The topological polar surface area (TPSA) is 50.6 Å². The van der Waals surface area contributed by atoms with Crippen LogP contribution in [0, 0.1) is 17.2 Å². The lowest BCUT2D eigenvalue weighted by atomic mass is 10.0. The van der Waals surface area contributed by atoms with Crippen molar-refractivity contribution in [2.75, 3.05) is 51.3 Å². The van der Waals surface area contributed by atoms with Gasteiger partial charge in [0.1, 0.15) is 6.04 Å². The summed E-state index contributed by atoms with van der Waals surface area (Å²) in [5, 5.41) is 9.31. The first kappa shape index (κ1) is 18.6. The molecule has 2 atom stereocenters. The fraction of sp³-hybridized carbons (Fsp3) is 0.882. The van der Waals surface area contributed by atoms with E-state index in [9.17, 15) is 10.1 Å². The van der Waals surface area contributed by atoms with Gasteiger partial charge in [0, 0.05) is 38.0 Å². The number of hydrogen-bond acceptors (Lipinski definition) is 5. The van der Waals surface area contributed by atoms with Crippen LogP contribution in [0.25, 0.3) is 0 Å². The summed E-state index contributed by atoms with van der Waals surface area (Å²) in [6.45, 7) is 8.94. The van der Waals surface area contributed by atoms with Gasteiger partial charge in [0.15, 0.2) is 0 Å². The summed E-state index contributed by atoms with van der Waals surface area (Å²) in [6, 6.07) is 2.94. The largest absolute Gasteiger partial charge is 0.339 e. The zero-order valence-electron chi connectivity index (χ0n) is 14.7. The number of likely N-dealkylation sites (tertiary alicyclic amines) is 1. The van der Waals surface area contributed by atoms with Gasteiger partial charge < -0.3 is 4.90 Å². The Balaban J connectivity index is 1.81. The smallest absolute Gasteiger partial charge is 0.236 e. The van der Waals surface area contributed by atoms with Crippen LogP contribution in [0.15, 0.2) is 0 Å². The van der Waals surface area contributed by atoms with Crippen LogP contribution in [0.5, 0.6) is 0 Å². The van der Waals surface area contributed by atoms with Crippen molar-refractivity contribution in [1.29, 1.82) is 5.26 Å². The molecule has 6 heteroatoms. The molecular formula is C17H30N4OS. The molecule has 0 aromatic heterocycles. The van der Waals surface area contributed by atoms with E-state index in [1.807, 2.05) is 16.7 Å². The molecule has 0 bridgehead atoms. The van der Waals surface area contributed by atoms with Crippen molar-refractivity contribution < 1.29 is 4.79 Å². The Kier molecular flexibility index (Phi) is 7.19. The Labute approximate surface area is 145 Å². The number of carbonyl (C=O) groups excluding carboxylic acids is 1. The van der Waals surface area contributed by atoms with Gasteiger partial charge >= 0.3 is 0 Å². The molecule has 2 aliphatic rings. The van der Waals surface area contributed by atoms with E-state index < -0.39 is 0 Å². The van der Waals surface area contributed by atoms with Crippen LogP contribution in [0.4, 0.5) is 0 Å². The summed E-state index contributed by atoms with van der Waals surface area (Å²) < 4.78 is 0. The normalized spacial score (nSPS) is 24.8. The second kappa shape index (κ2) is 8.91. The number of thioether (sulfide) groups is 1. The molecular weight excluding hydrogens is 308 g/mol. The van der Waals surface area contributed by atoms with E-state index in [1.54, 1.807) is 0 Å². The molecule has 0 radical (unpaired) electrons. The van der Waals surface area contributed by atoms with Crippen molar-refractivity contribution in [2.24, 2.45) is 5.92 Å². The third-order valence-electron chi connectivity index (χ3n) is 5.02. The SMILES string of the molecule is CSC[C@H]1CCCN1CC(=O)N1CCN([C@@H](C#N)C(C)C)CC1. The first-order chi connectivity index (χ1) is 11.1. The molecule has 0 N–H and O–H groups in total. The first-order valence-electron chi connectivity index (χ1n) is 8.71. The number of nitriles is 1. The predicted octanol–water partition coefficient (Wildman–Crippen LogP) is 1.51. The molecule has 0 aromatic rings. The fourth-order valence-electron chi connectivity index (χ4n) is 3.66. The molecule has 2 heterocycles. The summed E-state index contributed by atoms with van der Waals surface area (Å²) in [5.41, 5.74) is 0. The lowest BCUT2D eigenvalue weighted by Gasteiger charge is -2.38. The predicted molar refractivity (Wildman–Crippen MR) is 95.4 cm³/mol. The van der Waals surface area contributed by atoms with E-state index in [-0.39, 0.29) is 11.9 Å². The second-order valence-electron chi connectivity index (χ2n) is 6.96. The zero-order valence-corrected chi connectivity index (χ0v) is 15.5. The lowest BCUT2D eigenvalue weighted by molar-refractivity contribution is -0.134. The van der Waals surface area contributed by atoms with Crippen molar-refractivity contribution >= 4 is 17.7 Å². The summed E-state index contributed by atoms with van der Waals surface area (Å²) in [6.07, 6.45) is 4.57. The molecule has 0 aliphatic carbocycles. The summed E-state index contributed by atoms with van der Waals surface area (Å²) >= 11 is 1.87. The Morgan fingerprint density at radius 1 is 1.26 bits per heavy atom. The highest BCUT2D eigenvalue weighted by atomic mass is 32.2. The minimum atomic E-state index is -0.0307. The molecule has 0 unspecified atom stereocenters. The van der Waals surface area contributed by atoms with Crippen LogP contribution in [-0.4, -0.2) is 84.0 Å². The van der Waals surface area contributed by atoms with Crippen molar-refractivity contribution in [3.05, 3.63) is 0 Å². The monoisotopic (exact) mass is 338 g/mol. The summed E-state index contributed by atoms with van der Waals surface area (Å²) in [4.78, 5) is 19.1. The van der Waals surface area contributed by atoms with Crippen molar-refractivity contribution in [2.45, 2.75) is 38.8 Å². The number of carbonyl (C=O) groups is 1. The van der Waals surface area contributed by atoms with Crippen LogP contribution in [0.1, 0.15) is 26.7 Å². The van der Waals surface area contributed by atoms with Gasteiger partial charge in [0.2, 0.25) is 5.91 Å². The molecule has 0 aromatic carbocycles. The van der Waals surface area contributed by atoms with Gasteiger partial charge in [-0.3, -0.25) is 14.6 Å². The van der Waals surface area contributed by atoms with E-state index >= 15 is 0 Å². The van der Waals surface area contributed by atoms with Gasteiger partial charge in [-0.2, -0.15) is 17.0 Å². The van der Waals surface area contributed by atoms with Gasteiger partial charge in [-0.05, 0) is 31.6 Å². The van der Waals surface area contributed by atoms with E-state index in [4.69, 9.17) is 0 Å².